The quantitative estimate of drug-likeness (QED) is 0.790. The Morgan fingerprint density at radius 3 is 2.60 bits per heavy atom. The molecule has 0 unspecified atom stereocenters. The first-order valence-electron chi connectivity index (χ1n) is 5.96. The predicted molar refractivity (Wildman–Crippen MR) is 73.0 cm³/mol. The fourth-order valence-corrected chi connectivity index (χ4v) is 2.02. The summed E-state index contributed by atoms with van der Waals surface area (Å²) in [6.45, 7) is 0. The summed E-state index contributed by atoms with van der Waals surface area (Å²) in [5.74, 6) is -0.257. The normalized spacial score (nSPS) is 10.7. The molecule has 0 amide bonds. The van der Waals surface area contributed by atoms with Crippen molar-refractivity contribution >= 4 is 16.9 Å². The molecule has 0 saturated heterocycles. The molecule has 1 N–H and O–H groups in total. The Labute approximate surface area is 114 Å². The highest BCUT2D eigenvalue weighted by molar-refractivity contribution is 5.93. The first kappa shape index (κ1) is 12.2. The summed E-state index contributed by atoms with van der Waals surface area (Å²) in [7, 11) is 1.59. The van der Waals surface area contributed by atoms with Crippen LogP contribution in [0.25, 0.3) is 22.2 Å². The molecule has 1 heterocycles. The molecule has 0 saturated carbocycles. The lowest BCUT2D eigenvalue weighted by Gasteiger charge is -2.00. The van der Waals surface area contributed by atoms with E-state index in [0.29, 0.717) is 17.0 Å². The number of hydrogen-bond donors (Lipinski definition) is 1. The second-order valence-electron chi connectivity index (χ2n) is 4.28. The number of aromatic nitrogens is 1. The van der Waals surface area contributed by atoms with Crippen molar-refractivity contribution in [3.05, 3.63) is 48.0 Å². The third-order valence-electron chi connectivity index (χ3n) is 3.08. The summed E-state index contributed by atoms with van der Waals surface area (Å²) < 4.78 is 10.4. The minimum atomic E-state index is -0.953. The van der Waals surface area contributed by atoms with E-state index in [2.05, 4.69) is 5.16 Å². The number of rotatable bonds is 3. The van der Waals surface area contributed by atoms with Crippen LogP contribution in [0.3, 0.4) is 0 Å². The van der Waals surface area contributed by atoms with Gasteiger partial charge >= 0.3 is 5.97 Å². The number of methoxy groups -OCH3 is 1. The zero-order valence-corrected chi connectivity index (χ0v) is 10.7. The molecule has 0 aliphatic carbocycles. The molecule has 20 heavy (non-hydrogen) atoms. The molecule has 3 aromatic rings. The molecule has 1 aromatic heterocycles. The Kier molecular flexibility index (Phi) is 2.87. The zero-order valence-electron chi connectivity index (χ0n) is 10.7. The predicted octanol–water partition coefficient (Wildman–Crippen LogP) is 3.20. The summed E-state index contributed by atoms with van der Waals surface area (Å²) in [4.78, 5) is 10.8. The summed E-state index contributed by atoms with van der Waals surface area (Å²) in [5.41, 5.74) is 2.35. The van der Waals surface area contributed by atoms with Gasteiger partial charge in [-0.05, 0) is 24.3 Å². The van der Waals surface area contributed by atoms with E-state index >= 15 is 0 Å². The van der Waals surface area contributed by atoms with Crippen LogP contribution in [-0.4, -0.2) is 23.3 Å². The van der Waals surface area contributed by atoms with Crippen LogP contribution in [0.5, 0.6) is 5.75 Å². The number of carbonyl (C=O) groups is 1. The zero-order chi connectivity index (χ0) is 14.1. The third kappa shape index (κ3) is 1.99. The highest BCUT2D eigenvalue weighted by Crippen LogP contribution is 2.30. The van der Waals surface area contributed by atoms with E-state index in [0.717, 1.165) is 10.9 Å². The molecule has 0 aliphatic heterocycles. The standard InChI is InChI=1S/C15H11NO4/c1-19-11-6-7-12-13(8-11)20-16-14(12)9-2-4-10(5-3-9)15(17)18/h2-8H,1H3,(H,17,18). The van der Waals surface area contributed by atoms with Gasteiger partial charge in [-0.1, -0.05) is 17.3 Å². The average Bonchev–Trinajstić information content (AvgIpc) is 2.90. The van der Waals surface area contributed by atoms with Crippen LogP contribution in [0.4, 0.5) is 0 Å². The lowest BCUT2D eigenvalue weighted by Crippen LogP contribution is -1.94. The fraction of sp³-hybridized carbons (Fsp3) is 0.0667. The van der Waals surface area contributed by atoms with Crippen LogP contribution in [0.1, 0.15) is 10.4 Å². The van der Waals surface area contributed by atoms with Crippen molar-refractivity contribution in [3.63, 3.8) is 0 Å². The van der Waals surface area contributed by atoms with Crippen molar-refractivity contribution in [1.29, 1.82) is 0 Å². The Balaban J connectivity index is 2.07. The van der Waals surface area contributed by atoms with Crippen LogP contribution in [-0.2, 0) is 0 Å². The van der Waals surface area contributed by atoms with E-state index in [-0.39, 0.29) is 5.56 Å². The summed E-state index contributed by atoms with van der Waals surface area (Å²) in [6.07, 6.45) is 0. The topological polar surface area (TPSA) is 72.6 Å². The van der Waals surface area contributed by atoms with Crippen LogP contribution < -0.4 is 4.74 Å². The van der Waals surface area contributed by atoms with Crippen LogP contribution in [0, 0.1) is 0 Å². The molecule has 0 bridgehead atoms. The van der Waals surface area contributed by atoms with Crippen LogP contribution in [0.15, 0.2) is 47.0 Å². The number of nitrogens with zero attached hydrogens (tertiary/aromatic N) is 1. The largest absolute Gasteiger partial charge is 0.497 e. The number of fused-ring (bicyclic) bond motifs is 1. The maximum Gasteiger partial charge on any atom is 0.335 e. The maximum absolute atomic E-state index is 10.8. The van der Waals surface area contributed by atoms with Crippen molar-refractivity contribution in [1.82, 2.24) is 5.16 Å². The molecule has 0 fully saturated rings. The van der Waals surface area contributed by atoms with Gasteiger partial charge in [0, 0.05) is 17.0 Å². The second-order valence-corrected chi connectivity index (χ2v) is 4.28. The van der Waals surface area contributed by atoms with Crippen molar-refractivity contribution in [2.75, 3.05) is 7.11 Å². The van der Waals surface area contributed by atoms with Gasteiger partial charge in [0.2, 0.25) is 0 Å². The van der Waals surface area contributed by atoms with Gasteiger partial charge in [-0.3, -0.25) is 0 Å². The highest BCUT2D eigenvalue weighted by Gasteiger charge is 2.12. The monoisotopic (exact) mass is 269 g/mol. The molecule has 0 aliphatic rings. The Hall–Kier alpha value is -2.82. The van der Waals surface area contributed by atoms with E-state index in [4.69, 9.17) is 14.4 Å². The Bertz CT molecular complexity index is 774. The molecule has 5 nitrogen and oxygen atoms in total. The van der Waals surface area contributed by atoms with Crippen molar-refractivity contribution in [2.45, 2.75) is 0 Å². The SMILES string of the molecule is COc1ccc2c(-c3ccc(C(=O)O)cc3)noc2c1. The van der Waals surface area contributed by atoms with E-state index < -0.39 is 5.97 Å². The van der Waals surface area contributed by atoms with Crippen molar-refractivity contribution < 1.29 is 19.2 Å². The molecule has 0 spiro atoms. The summed E-state index contributed by atoms with van der Waals surface area (Å²) in [6, 6.07) is 12.0. The first-order chi connectivity index (χ1) is 9.69. The Morgan fingerprint density at radius 2 is 1.95 bits per heavy atom. The smallest absolute Gasteiger partial charge is 0.335 e. The Morgan fingerprint density at radius 1 is 1.20 bits per heavy atom. The van der Waals surface area contributed by atoms with Gasteiger partial charge in [0.05, 0.1) is 12.7 Å². The molecular weight excluding hydrogens is 258 g/mol. The van der Waals surface area contributed by atoms with Gasteiger partial charge in [-0.25, -0.2) is 4.79 Å². The highest BCUT2D eigenvalue weighted by atomic mass is 16.5. The van der Waals surface area contributed by atoms with Gasteiger partial charge in [0.25, 0.3) is 0 Å². The van der Waals surface area contributed by atoms with E-state index in [1.165, 1.54) is 0 Å². The molecule has 0 radical (unpaired) electrons. The lowest BCUT2D eigenvalue weighted by atomic mass is 10.1. The van der Waals surface area contributed by atoms with Crippen LogP contribution in [0.2, 0.25) is 0 Å². The van der Waals surface area contributed by atoms with Crippen molar-refractivity contribution in [2.24, 2.45) is 0 Å². The van der Waals surface area contributed by atoms with Gasteiger partial charge in [0.15, 0.2) is 5.58 Å². The first-order valence-corrected chi connectivity index (χ1v) is 5.96. The minimum Gasteiger partial charge on any atom is -0.497 e. The molecule has 3 rings (SSSR count). The second kappa shape index (κ2) is 4.70. The van der Waals surface area contributed by atoms with E-state index in [1.807, 2.05) is 12.1 Å². The summed E-state index contributed by atoms with van der Waals surface area (Å²) in [5, 5.41) is 13.8. The third-order valence-corrected chi connectivity index (χ3v) is 3.08. The molecule has 2 aromatic carbocycles. The minimum absolute atomic E-state index is 0.239. The van der Waals surface area contributed by atoms with Gasteiger partial charge in [-0.2, -0.15) is 0 Å². The summed E-state index contributed by atoms with van der Waals surface area (Å²) >= 11 is 0. The molecule has 5 heteroatoms. The van der Waals surface area contributed by atoms with Crippen LogP contribution >= 0.6 is 0 Å². The maximum atomic E-state index is 10.8. The number of ether oxygens (including phenoxy) is 1. The number of aromatic carboxylic acids is 1. The lowest BCUT2D eigenvalue weighted by molar-refractivity contribution is 0.0697. The fourth-order valence-electron chi connectivity index (χ4n) is 2.02. The van der Waals surface area contributed by atoms with E-state index in [9.17, 15) is 4.79 Å². The van der Waals surface area contributed by atoms with Crippen molar-refractivity contribution in [3.8, 4) is 17.0 Å². The number of carboxylic acids is 1. The number of benzene rings is 2. The molecular formula is C15H11NO4. The number of hydrogen-bond acceptors (Lipinski definition) is 4. The van der Waals surface area contributed by atoms with Gasteiger partial charge in [-0.15, -0.1) is 0 Å². The van der Waals surface area contributed by atoms with Gasteiger partial charge in [0.1, 0.15) is 11.4 Å². The molecule has 0 atom stereocenters. The van der Waals surface area contributed by atoms with Gasteiger partial charge < -0.3 is 14.4 Å². The van der Waals surface area contributed by atoms with E-state index in [1.54, 1.807) is 37.4 Å². The average molecular weight is 269 g/mol. The molecule has 100 valence electrons. The number of carboxylic acid groups (broad SMARTS) is 1.